The third-order valence-electron chi connectivity index (χ3n) is 2.72. The van der Waals surface area contributed by atoms with E-state index in [1.165, 1.54) is 10.7 Å². The molecule has 0 atom stereocenters. The maximum absolute atomic E-state index is 13.7. The average molecular weight is 290 g/mol. The van der Waals surface area contributed by atoms with E-state index in [4.69, 9.17) is 17.3 Å². The highest BCUT2D eigenvalue weighted by Gasteiger charge is 2.12. The first kappa shape index (κ1) is 12.6. The normalized spacial score (nSPS) is 10.7. The van der Waals surface area contributed by atoms with E-state index >= 15 is 0 Å². The number of aromatic nitrogens is 4. The molecular formula is C13H9ClFN5. The van der Waals surface area contributed by atoms with Crippen LogP contribution in [0.2, 0.25) is 5.15 Å². The summed E-state index contributed by atoms with van der Waals surface area (Å²) >= 11 is 5.68. The van der Waals surface area contributed by atoms with E-state index in [9.17, 15) is 4.39 Å². The number of hydrogen-bond acceptors (Lipinski definition) is 4. The van der Waals surface area contributed by atoms with E-state index in [-0.39, 0.29) is 11.0 Å². The lowest BCUT2D eigenvalue weighted by atomic mass is 10.1. The van der Waals surface area contributed by atoms with Crippen LogP contribution in [0.25, 0.3) is 17.1 Å². The molecule has 1 aromatic carbocycles. The first-order valence-electron chi connectivity index (χ1n) is 5.75. The smallest absolute Gasteiger partial charge is 0.178 e. The fraction of sp³-hybridized carbons (Fsp3) is 0. The molecule has 0 saturated carbocycles. The van der Waals surface area contributed by atoms with Crippen LogP contribution in [0.4, 0.5) is 10.2 Å². The van der Waals surface area contributed by atoms with Crippen molar-refractivity contribution in [2.45, 2.75) is 0 Å². The standard InChI is InChI=1S/C13H9ClFN5/c14-11-5-6-13(18-17-11)20-12(16)7-10(19-20)8-3-1-2-4-9(8)15/h1-7H,16H2. The third kappa shape index (κ3) is 2.21. The van der Waals surface area contributed by atoms with Crippen molar-refractivity contribution in [2.24, 2.45) is 0 Å². The predicted molar refractivity (Wildman–Crippen MR) is 74.0 cm³/mol. The highest BCUT2D eigenvalue weighted by molar-refractivity contribution is 6.29. The number of hydrogen-bond donors (Lipinski definition) is 1. The number of anilines is 1. The Bertz CT molecular complexity index is 754. The molecule has 20 heavy (non-hydrogen) atoms. The lowest BCUT2D eigenvalue weighted by Gasteiger charge is -2.01. The molecule has 3 rings (SSSR count). The van der Waals surface area contributed by atoms with Crippen LogP contribution < -0.4 is 5.73 Å². The highest BCUT2D eigenvalue weighted by Crippen LogP contribution is 2.24. The van der Waals surface area contributed by atoms with Gasteiger partial charge in [-0.25, -0.2) is 4.39 Å². The zero-order valence-electron chi connectivity index (χ0n) is 10.2. The first-order valence-corrected chi connectivity index (χ1v) is 6.13. The van der Waals surface area contributed by atoms with Gasteiger partial charge >= 0.3 is 0 Å². The maximum Gasteiger partial charge on any atom is 0.178 e. The quantitative estimate of drug-likeness (QED) is 0.787. The summed E-state index contributed by atoms with van der Waals surface area (Å²) in [5.41, 5.74) is 6.68. The summed E-state index contributed by atoms with van der Waals surface area (Å²) in [6.45, 7) is 0. The molecule has 0 aliphatic heterocycles. The lowest BCUT2D eigenvalue weighted by molar-refractivity contribution is 0.630. The number of benzene rings is 1. The summed E-state index contributed by atoms with van der Waals surface area (Å²) < 4.78 is 15.1. The number of nitrogens with two attached hydrogens (primary N) is 1. The summed E-state index contributed by atoms with van der Waals surface area (Å²) in [5.74, 6) is 0.383. The number of rotatable bonds is 2. The average Bonchev–Trinajstić information content (AvgIpc) is 2.82. The Kier molecular flexibility index (Phi) is 3.08. The Morgan fingerprint density at radius 1 is 1.10 bits per heavy atom. The molecule has 0 spiro atoms. The highest BCUT2D eigenvalue weighted by atomic mass is 35.5. The molecule has 5 nitrogen and oxygen atoms in total. The second-order valence-electron chi connectivity index (χ2n) is 4.06. The number of nitrogens with zero attached hydrogens (tertiary/aromatic N) is 4. The van der Waals surface area contributed by atoms with Gasteiger partial charge in [0.25, 0.3) is 0 Å². The van der Waals surface area contributed by atoms with Gasteiger partial charge in [0.15, 0.2) is 11.0 Å². The van der Waals surface area contributed by atoms with Gasteiger partial charge in [-0.3, -0.25) is 0 Å². The predicted octanol–water partition coefficient (Wildman–Crippen LogP) is 2.70. The van der Waals surface area contributed by atoms with Gasteiger partial charge in [-0.15, -0.1) is 10.2 Å². The summed E-state index contributed by atoms with van der Waals surface area (Å²) in [4.78, 5) is 0. The van der Waals surface area contributed by atoms with Gasteiger partial charge in [-0.05, 0) is 24.3 Å². The van der Waals surface area contributed by atoms with Crippen molar-refractivity contribution >= 4 is 17.4 Å². The molecule has 0 fully saturated rings. The molecule has 0 aliphatic rings. The van der Waals surface area contributed by atoms with Crippen LogP contribution >= 0.6 is 11.6 Å². The summed E-state index contributed by atoms with van der Waals surface area (Å²) in [6, 6.07) is 11.1. The molecule has 0 bridgehead atoms. The van der Waals surface area contributed by atoms with Crippen LogP contribution in [-0.2, 0) is 0 Å². The van der Waals surface area contributed by atoms with E-state index in [0.29, 0.717) is 22.9 Å². The Hall–Kier alpha value is -2.47. The Balaban J connectivity index is 2.08. The molecule has 0 amide bonds. The Morgan fingerprint density at radius 3 is 2.60 bits per heavy atom. The minimum absolute atomic E-state index is 0.272. The van der Waals surface area contributed by atoms with Crippen molar-refractivity contribution < 1.29 is 4.39 Å². The number of nitrogen functional groups attached to an aromatic ring is 1. The van der Waals surface area contributed by atoms with Crippen molar-refractivity contribution in [3.8, 4) is 17.1 Å². The van der Waals surface area contributed by atoms with Gasteiger partial charge in [0.05, 0.1) is 5.69 Å². The molecule has 0 unspecified atom stereocenters. The molecule has 2 aromatic heterocycles. The van der Waals surface area contributed by atoms with Crippen LogP contribution in [0, 0.1) is 5.82 Å². The van der Waals surface area contributed by atoms with Crippen molar-refractivity contribution in [1.82, 2.24) is 20.0 Å². The van der Waals surface area contributed by atoms with Crippen molar-refractivity contribution in [2.75, 3.05) is 5.73 Å². The van der Waals surface area contributed by atoms with Gasteiger partial charge in [0.1, 0.15) is 11.6 Å². The van der Waals surface area contributed by atoms with Crippen molar-refractivity contribution in [3.63, 3.8) is 0 Å². The summed E-state index contributed by atoms with van der Waals surface area (Å²) in [7, 11) is 0. The molecule has 7 heteroatoms. The lowest BCUT2D eigenvalue weighted by Crippen LogP contribution is -2.04. The minimum Gasteiger partial charge on any atom is -0.384 e. The van der Waals surface area contributed by atoms with E-state index in [2.05, 4.69) is 15.3 Å². The van der Waals surface area contributed by atoms with Crippen LogP contribution in [0.1, 0.15) is 0 Å². The van der Waals surface area contributed by atoms with Gasteiger partial charge < -0.3 is 5.73 Å². The van der Waals surface area contributed by atoms with Gasteiger partial charge in [-0.2, -0.15) is 9.78 Å². The van der Waals surface area contributed by atoms with Gasteiger partial charge in [0, 0.05) is 11.6 Å². The van der Waals surface area contributed by atoms with Crippen LogP contribution in [0.3, 0.4) is 0 Å². The van der Waals surface area contributed by atoms with Crippen molar-refractivity contribution in [1.29, 1.82) is 0 Å². The molecular weight excluding hydrogens is 281 g/mol. The molecule has 0 radical (unpaired) electrons. The maximum atomic E-state index is 13.7. The fourth-order valence-electron chi connectivity index (χ4n) is 1.80. The molecule has 0 aliphatic carbocycles. The molecule has 3 aromatic rings. The number of halogens is 2. The van der Waals surface area contributed by atoms with Crippen molar-refractivity contribution in [3.05, 3.63) is 53.4 Å². The van der Waals surface area contributed by atoms with E-state index in [1.807, 2.05) is 0 Å². The van der Waals surface area contributed by atoms with Gasteiger partial charge in [-0.1, -0.05) is 23.7 Å². The van der Waals surface area contributed by atoms with Gasteiger partial charge in [0.2, 0.25) is 0 Å². The fourth-order valence-corrected chi connectivity index (χ4v) is 1.90. The molecule has 0 saturated heterocycles. The SMILES string of the molecule is Nc1cc(-c2ccccc2F)nn1-c1ccc(Cl)nn1. The zero-order chi connectivity index (χ0) is 14.1. The van der Waals surface area contributed by atoms with E-state index < -0.39 is 0 Å². The second kappa shape index (κ2) is 4.90. The minimum atomic E-state index is -0.362. The molecule has 2 heterocycles. The third-order valence-corrected chi connectivity index (χ3v) is 2.92. The van der Waals surface area contributed by atoms with E-state index in [0.717, 1.165) is 0 Å². The Morgan fingerprint density at radius 2 is 1.90 bits per heavy atom. The van der Waals surface area contributed by atoms with Crippen LogP contribution in [0.15, 0.2) is 42.5 Å². The largest absolute Gasteiger partial charge is 0.384 e. The topological polar surface area (TPSA) is 69.6 Å². The second-order valence-corrected chi connectivity index (χ2v) is 4.45. The molecule has 2 N–H and O–H groups in total. The summed E-state index contributed by atoms with van der Waals surface area (Å²) in [6.07, 6.45) is 0. The first-order chi connectivity index (χ1) is 9.65. The van der Waals surface area contributed by atoms with Crippen LogP contribution in [-0.4, -0.2) is 20.0 Å². The molecule has 100 valence electrons. The Labute approximate surface area is 118 Å². The summed E-state index contributed by atoms with van der Waals surface area (Å²) in [5, 5.41) is 12.1. The van der Waals surface area contributed by atoms with E-state index in [1.54, 1.807) is 36.4 Å². The zero-order valence-corrected chi connectivity index (χ0v) is 10.9. The monoisotopic (exact) mass is 289 g/mol. The van der Waals surface area contributed by atoms with Crippen LogP contribution in [0.5, 0.6) is 0 Å².